The minimum atomic E-state index is -0.631. The molecule has 2 aromatic carbocycles. The average Bonchev–Trinajstić information content (AvgIpc) is 3.08. The van der Waals surface area contributed by atoms with E-state index in [0.29, 0.717) is 37.4 Å². The first-order valence-corrected chi connectivity index (χ1v) is 8.99. The zero-order valence-electron chi connectivity index (χ0n) is 14.9. The van der Waals surface area contributed by atoms with Crippen molar-refractivity contribution < 1.29 is 13.9 Å². The van der Waals surface area contributed by atoms with Gasteiger partial charge in [0.2, 0.25) is 11.9 Å². The van der Waals surface area contributed by atoms with Crippen LogP contribution in [0.1, 0.15) is 11.7 Å². The summed E-state index contributed by atoms with van der Waals surface area (Å²) in [6.07, 6.45) is -0.609. The van der Waals surface area contributed by atoms with E-state index < -0.39 is 17.8 Å². The number of anilines is 1. The molecule has 0 amide bonds. The third kappa shape index (κ3) is 2.62. The highest BCUT2D eigenvalue weighted by Crippen LogP contribution is 2.34. The molecule has 0 spiro atoms. The summed E-state index contributed by atoms with van der Waals surface area (Å²) in [5.41, 5.74) is 1.91. The summed E-state index contributed by atoms with van der Waals surface area (Å²) < 4.78 is 30.0. The minimum absolute atomic E-state index is 0.0337. The smallest absolute Gasteiger partial charge is 0.216 e. The molecule has 0 bridgehead atoms. The predicted molar refractivity (Wildman–Crippen MR) is 101 cm³/mol. The van der Waals surface area contributed by atoms with Crippen molar-refractivity contribution in [3.8, 4) is 0 Å². The van der Waals surface area contributed by atoms with Crippen molar-refractivity contribution in [2.24, 2.45) is 4.99 Å². The van der Waals surface area contributed by atoms with Gasteiger partial charge in [0.25, 0.3) is 0 Å². The summed E-state index contributed by atoms with van der Waals surface area (Å²) in [6.45, 7) is 1.43. The summed E-state index contributed by atoms with van der Waals surface area (Å²) in [4.78, 5) is 13.2. The fraction of sp³-hybridized carbons (Fsp3) is 0.263. The second-order valence-corrected chi connectivity index (χ2v) is 6.79. The van der Waals surface area contributed by atoms with Crippen molar-refractivity contribution in [1.82, 2.24) is 19.8 Å². The normalized spacial score (nSPS) is 19.2. The second kappa shape index (κ2) is 6.54. The molecule has 9 heteroatoms. The van der Waals surface area contributed by atoms with Gasteiger partial charge in [-0.25, -0.2) is 18.8 Å². The molecule has 144 valence electrons. The molecule has 0 saturated carbocycles. The maximum Gasteiger partial charge on any atom is 0.216 e. The number of aromatic nitrogens is 2. The van der Waals surface area contributed by atoms with Gasteiger partial charge in [-0.2, -0.15) is 0 Å². The number of fused-ring (bicyclic) bond motifs is 5. The van der Waals surface area contributed by atoms with Crippen molar-refractivity contribution in [2.75, 3.05) is 31.4 Å². The third-order valence-electron chi connectivity index (χ3n) is 5.03. The van der Waals surface area contributed by atoms with E-state index in [1.54, 1.807) is 0 Å². The average molecular weight is 384 g/mol. The molecule has 5 rings (SSSR count). The highest BCUT2D eigenvalue weighted by atomic mass is 19.1. The largest absolute Gasteiger partial charge is 0.395 e. The van der Waals surface area contributed by atoms with Gasteiger partial charge in [0.05, 0.1) is 31.0 Å². The number of nitrogens with one attached hydrogen (secondary N) is 1. The fourth-order valence-electron chi connectivity index (χ4n) is 3.73. The van der Waals surface area contributed by atoms with Crippen LogP contribution in [0.3, 0.4) is 0 Å². The van der Waals surface area contributed by atoms with Crippen LogP contribution in [-0.2, 0) is 0 Å². The quantitative estimate of drug-likeness (QED) is 0.721. The van der Waals surface area contributed by atoms with Crippen LogP contribution in [0.15, 0.2) is 47.5 Å². The molecule has 0 radical (unpaired) electrons. The van der Waals surface area contributed by atoms with Crippen molar-refractivity contribution in [3.63, 3.8) is 0 Å². The molecule has 1 aromatic heterocycles. The van der Waals surface area contributed by atoms with E-state index in [2.05, 4.69) is 10.3 Å². The molecule has 0 saturated heterocycles. The summed E-state index contributed by atoms with van der Waals surface area (Å²) >= 11 is 0. The van der Waals surface area contributed by atoms with Crippen LogP contribution in [0.5, 0.6) is 0 Å². The Balaban J connectivity index is 1.69. The first kappa shape index (κ1) is 17.1. The Morgan fingerprint density at radius 1 is 1.18 bits per heavy atom. The van der Waals surface area contributed by atoms with E-state index in [0.717, 1.165) is 17.1 Å². The Hall–Kier alpha value is -3.04. The number of para-hydroxylation sites is 2. The van der Waals surface area contributed by atoms with Gasteiger partial charge in [0.15, 0.2) is 0 Å². The number of aliphatic imine (C=N–C) groups is 1. The van der Waals surface area contributed by atoms with Crippen LogP contribution in [0.2, 0.25) is 0 Å². The third-order valence-corrected chi connectivity index (χ3v) is 5.03. The molecule has 3 heterocycles. The number of aliphatic hydroxyl groups excluding tert-OH is 1. The van der Waals surface area contributed by atoms with Gasteiger partial charge in [-0.1, -0.05) is 12.1 Å². The van der Waals surface area contributed by atoms with Crippen LogP contribution < -0.4 is 10.2 Å². The molecule has 2 N–H and O–H groups in total. The fourth-order valence-corrected chi connectivity index (χ4v) is 3.73. The SMILES string of the molecule is OCCN1CN=C2NC(c3ccc(F)cc3F)n3c(nc4ccccc43)N2C1. The lowest BCUT2D eigenvalue weighted by molar-refractivity contribution is 0.195. The Kier molecular flexibility index (Phi) is 3.99. The minimum Gasteiger partial charge on any atom is -0.395 e. The second-order valence-electron chi connectivity index (χ2n) is 6.79. The number of halogens is 2. The summed E-state index contributed by atoms with van der Waals surface area (Å²) in [5, 5.41) is 12.5. The first-order chi connectivity index (χ1) is 13.7. The van der Waals surface area contributed by atoms with Crippen molar-refractivity contribution in [1.29, 1.82) is 0 Å². The van der Waals surface area contributed by atoms with Crippen molar-refractivity contribution >= 4 is 22.9 Å². The zero-order valence-corrected chi connectivity index (χ0v) is 14.9. The number of imidazole rings is 1. The Bertz CT molecular complexity index is 1080. The van der Waals surface area contributed by atoms with Gasteiger partial charge >= 0.3 is 0 Å². The van der Waals surface area contributed by atoms with Gasteiger partial charge in [0.1, 0.15) is 17.8 Å². The monoisotopic (exact) mass is 384 g/mol. The number of rotatable bonds is 3. The molecule has 0 aliphatic carbocycles. The molecule has 2 aliphatic heterocycles. The van der Waals surface area contributed by atoms with E-state index in [9.17, 15) is 13.9 Å². The number of β-amino-alcohol motifs (C(OH)–C–C–N with tert-alkyl or cyclic N) is 1. The molecule has 1 unspecified atom stereocenters. The number of hydrogen-bond donors (Lipinski definition) is 2. The molecular formula is C19H18F2N6O. The number of hydrogen-bond acceptors (Lipinski definition) is 6. The Morgan fingerprint density at radius 3 is 2.86 bits per heavy atom. The lowest BCUT2D eigenvalue weighted by atomic mass is 10.1. The zero-order chi connectivity index (χ0) is 19.3. The molecule has 28 heavy (non-hydrogen) atoms. The Morgan fingerprint density at radius 2 is 2.04 bits per heavy atom. The lowest BCUT2D eigenvalue weighted by Gasteiger charge is -2.41. The molecule has 2 aliphatic rings. The van der Waals surface area contributed by atoms with E-state index in [1.807, 2.05) is 38.6 Å². The van der Waals surface area contributed by atoms with E-state index in [4.69, 9.17) is 4.98 Å². The maximum absolute atomic E-state index is 14.6. The van der Waals surface area contributed by atoms with Gasteiger partial charge < -0.3 is 10.4 Å². The van der Waals surface area contributed by atoms with E-state index in [1.165, 1.54) is 12.1 Å². The maximum atomic E-state index is 14.6. The summed E-state index contributed by atoms with van der Waals surface area (Å²) in [7, 11) is 0. The van der Waals surface area contributed by atoms with Crippen LogP contribution in [0, 0.1) is 11.6 Å². The highest BCUT2D eigenvalue weighted by molar-refractivity contribution is 5.98. The van der Waals surface area contributed by atoms with E-state index >= 15 is 0 Å². The van der Waals surface area contributed by atoms with Gasteiger partial charge in [-0.15, -0.1) is 0 Å². The molecular weight excluding hydrogens is 366 g/mol. The summed E-state index contributed by atoms with van der Waals surface area (Å²) in [6, 6.07) is 11.2. The number of benzene rings is 2. The van der Waals surface area contributed by atoms with Crippen LogP contribution >= 0.6 is 0 Å². The van der Waals surface area contributed by atoms with E-state index in [-0.39, 0.29) is 6.61 Å². The molecule has 0 fully saturated rings. The summed E-state index contributed by atoms with van der Waals surface area (Å²) in [5.74, 6) is -0.0576. The molecule has 7 nitrogen and oxygen atoms in total. The highest BCUT2D eigenvalue weighted by Gasteiger charge is 2.36. The van der Waals surface area contributed by atoms with Crippen LogP contribution in [0.25, 0.3) is 11.0 Å². The van der Waals surface area contributed by atoms with Crippen LogP contribution in [0.4, 0.5) is 14.7 Å². The van der Waals surface area contributed by atoms with Crippen LogP contribution in [-0.4, -0.2) is 52.0 Å². The standard InChI is InChI=1S/C19H18F2N6O/c20-12-5-6-13(14(21)9-12)17-24-18-22-10-25(7-8-28)11-26(18)19-23-15-3-1-2-4-16(15)27(17)19/h1-6,9,17,28H,7-8,10-11H2,(H,22,24). The van der Waals surface area contributed by atoms with Gasteiger partial charge in [-0.3, -0.25) is 14.4 Å². The Labute approximate surface area is 159 Å². The number of nitrogens with zero attached hydrogens (tertiary/aromatic N) is 5. The molecule has 3 aromatic rings. The van der Waals surface area contributed by atoms with Gasteiger partial charge in [-0.05, 0) is 24.3 Å². The van der Waals surface area contributed by atoms with Crippen molar-refractivity contribution in [2.45, 2.75) is 6.17 Å². The molecule has 1 atom stereocenters. The predicted octanol–water partition coefficient (Wildman–Crippen LogP) is 1.85. The van der Waals surface area contributed by atoms with Crippen molar-refractivity contribution in [3.05, 3.63) is 59.7 Å². The number of aliphatic hydroxyl groups is 1. The first-order valence-electron chi connectivity index (χ1n) is 8.99. The number of guanidine groups is 1. The van der Waals surface area contributed by atoms with Gasteiger partial charge in [0, 0.05) is 18.2 Å². The topological polar surface area (TPSA) is 68.9 Å². The lowest BCUT2D eigenvalue weighted by Crippen LogP contribution is -2.57.